The van der Waals surface area contributed by atoms with Crippen molar-refractivity contribution >= 4 is 39.3 Å². The maximum atomic E-state index is 13.2. The van der Waals surface area contributed by atoms with Crippen LogP contribution in [0.3, 0.4) is 0 Å². The SMILES string of the molecule is CC(C(=O)Nc1ccc2[nH]c(=O)[nH]c2c1)N1CCN(C(=O)c2cccc3ccccc23)CC1. The molecule has 1 aromatic heterocycles. The van der Waals surface area contributed by atoms with Gasteiger partial charge >= 0.3 is 5.69 Å². The van der Waals surface area contributed by atoms with Crippen molar-refractivity contribution in [3.8, 4) is 0 Å². The fourth-order valence-corrected chi connectivity index (χ4v) is 4.42. The van der Waals surface area contributed by atoms with Crippen LogP contribution in [0.5, 0.6) is 0 Å². The van der Waals surface area contributed by atoms with Gasteiger partial charge in [-0.05, 0) is 42.0 Å². The Hall–Kier alpha value is -3.91. The van der Waals surface area contributed by atoms with Crippen LogP contribution in [0.4, 0.5) is 5.69 Å². The highest BCUT2D eigenvalue weighted by molar-refractivity contribution is 6.07. The number of nitrogens with one attached hydrogen (secondary N) is 3. The van der Waals surface area contributed by atoms with Gasteiger partial charge in [0.25, 0.3) is 5.91 Å². The molecule has 0 radical (unpaired) electrons. The van der Waals surface area contributed by atoms with Gasteiger partial charge in [0.15, 0.2) is 0 Å². The van der Waals surface area contributed by atoms with Gasteiger partial charge in [-0.1, -0.05) is 36.4 Å². The molecule has 8 nitrogen and oxygen atoms in total. The molecular weight excluding hydrogens is 418 g/mol. The van der Waals surface area contributed by atoms with Crippen molar-refractivity contribution in [2.24, 2.45) is 0 Å². The second-order valence-electron chi connectivity index (χ2n) is 8.36. The number of aromatic amines is 2. The zero-order valence-electron chi connectivity index (χ0n) is 18.3. The highest BCUT2D eigenvalue weighted by Gasteiger charge is 2.28. The molecule has 168 valence electrons. The first-order valence-corrected chi connectivity index (χ1v) is 11.0. The summed E-state index contributed by atoms with van der Waals surface area (Å²) in [4.78, 5) is 46.8. The molecule has 0 bridgehead atoms. The number of rotatable bonds is 4. The molecule has 1 fully saturated rings. The van der Waals surface area contributed by atoms with Crippen molar-refractivity contribution in [3.63, 3.8) is 0 Å². The first-order chi connectivity index (χ1) is 16.0. The maximum absolute atomic E-state index is 13.2. The van der Waals surface area contributed by atoms with Crippen molar-refractivity contribution in [1.82, 2.24) is 19.8 Å². The Kier molecular flexibility index (Phi) is 5.43. The van der Waals surface area contributed by atoms with Crippen molar-refractivity contribution < 1.29 is 9.59 Å². The largest absolute Gasteiger partial charge is 0.336 e. The number of imidazole rings is 1. The van der Waals surface area contributed by atoms with Crippen LogP contribution in [0.2, 0.25) is 0 Å². The summed E-state index contributed by atoms with van der Waals surface area (Å²) in [6.45, 7) is 4.24. The Labute approximate surface area is 190 Å². The van der Waals surface area contributed by atoms with E-state index in [9.17, 15) is 14.4 Å². The van der Waals surface area contributed by atoms with E-state index >= 15 is 0 Å². The lowest BCUT2D eigenvalue weighted by Gasteiger charge is -2.37. The van der Waals surface area contributed by atoms with Crippen LogP contribution in [0, 0.1) is 0 Å². The Morgan fingerprint density at radius 2 is 1.64 bits per heavy atom. The summed E-state index contributed by atoms with van der Waals surface area (Å²) in [6.07, 6.45) is 0. The predicted molar refractivity (Wildman–Crippen MR) is 128 cm³/mol. The van der Waals surface area contributed by atoms with Crippen LogP contribution in [0.25, 0.3) is 21.8 Å². The summed E-state index contributed by atoms with van der Waals surface area (Å²) in [5, 5.41) is 4.93. The molecule has 1 aliphatic heterocycles. The molecule has 1 aliphatic rings. The molecule has 5 rings (SSSR count). The van der Waals surface area contributed by atoms with Gasteiger partial charge in [0, 0.05) is 37.4 Å². The van der Waals surface area contributed by atoms with Crippen molar-refractivity contribution in [1.29, 1.82) is 0 Å². The minimum Gasteiger partial charge on any atom is -0.336 e. The number of amides is 2. The fourth-order valence-electron chi connectivity index (χ4n) is 4.42. The Morgan fingerprint density at radius 1 is 0.909 bits per heavy atom. The molecule has 33 heavy (non-hydrogen) atoms. The van der Waals surface area contributed by atoms with E-state index < -0.39 is 0 Å². The number of fused-ring (bicyclic) bond motifs is 2. The highest BCUT2D eigenvalue weighted by atomic mass is 16.2. The number of nitrogens with zero attached hydrogens (tertiary/aromatic N) is 2. The number of hydrogen-bond donors (Lipinski definition) is 3. The van der Waals surface area contributed by atoms with Crippen LogP contribution in [0.15, 0.2) is 65.5 Å². The van der Waals surface area contributed by atoms with Crippen molar-refractivity contribution in [3.05, 3.63) is 76.7 Å². The van der Waals surface area contributed by atoms with Crippen LogP contribution in [-0.2, 0) is 4.79 Å². The van der Waals surface area contributed by atoms with Crippen molar-refractivity contribution in [2.45, 2.75) is 13.0 Å². The smallest absolute Gasteiger partial charge is 0.323 e. The van der Waals surface area contributed by atoms with Crippen LogP contribution in [0.1, 0.15) is 17.3 Å². The minimum absolute atomic E-state index is 0.0253. The van der Waals surface area contributed by atoms with Gasteiger partial charge < -0.3 is 20.2 Å². The molecule has 1 atom stereocenters. The number of hydrogen-bond acceptors (Lipinski definition) is 4. The van der Waals surface area contributed by atoms with Crippen molar-refractivity contribution in [2.75, 3.05) is 31.5 Å². The van der Waals surface area contributed by atoms with Crippen LogP contribution in [-0.4, -0.2) is 63.8 Å². The molecule has 4 aromatic rings. The number of aromatic nitrogens is 2. The van der Waals surface area contributed by atoms with Gasteiger partial charge in [-0.15, -0.1) is 0 Å². The number of benzene rings is 3. The van der Waals surface area contributed by atoms with E-state index in [0.29, 0.717) is 48.5 Å². The van der Waals surface area contributed by atoms with Gasteiger partial charge in [-0.3, -0.25) is 14.5 Å². The van der Waals surface area contributed by atoms with E-state index in [-0.39, 0.29) is 23.5 Å². The summed E-state index contributed by atoms with van der Waals surface area (Å²) in [6, 6.07) is 18.6. The minimum atomic E-state index is -0.347. The van der Waals surface area contributed by atoms with Gasteiger partial charge in [-0.2, -0.15) is 0 Å². The average molecular weight is 444 g/mol. The summed E-state index contributed by atoms with van der Waals surface area (Å²) >= 11 is 0. The molecule has 1 unspecified atom stereocenters. The third-order valence-electron chi connectivity index (χ3n) is 6.33. The third kappa shape index (κ3) is 4.12. The lowest BCUT2D eigenvalue weighted by Crippen LogP contribution is -2.54. The molecule has 0 saturated carbocycles. The summed E-state index contributed by atoms with van der Waals surface area (Å²) in [5.74, 6) is -0.0987. The Bertz CT molecular complexity index is 1390. The van der Waals surface area contributed by atoms with Gasteiger partial charge in [0.05, 0.1) is 17.1 Å². The molecule has 3 N–H and O–H groups in total. The Balaban J connectivity index is 1.22. The zero-order chi connectivity index (χ0) is 22.9. The van der Waals surface area contributed by atoms with E-state index in [1.807, 2.05) is 54.3 Å². The lowest BCUT2D eigenvalue weighted by molar-refractivity contribution is -0.121. The molecule has 1 saturated heterocycles. The lowest BCUT2D eigenvalue weighted by atomic mass is 10.0. The van der Waals surface area contributed by atoms with E-state index in [1.165, 1.54) is 0 Å². The second kappa shape index (κ2) is 8.55. The maximum Gasteiger partial charge on any atom is 0.323 e. The molecule has 3 aromatic carbocycles. The highest BCUT2D eigenvalue weighted by Crippen LogP contribution is 2.21. The Morgan fingerprint density at radius 3 is 2.45 bits per heavy atom. The number of carbonyl (C=O) groups excluding carboxylic acids is 2. The first-order valence-electron chi connectivity index (χ1n) is 11.0. The molecule has 0 aliphatic carbocycles. The molecule has 2 heterocycles. The van der Waals surface area contributed by atoms with Gasteiger partial charge in [-0.25, -0.2) is 4.79 Å². The average Bonchev–Trinajstić information content (AvgIpc) is 3.22. The number of H-pyrrole nitrogens is 2. The predicted octanol–water partition coefficient (Wildman–Crippen LogP) is 2.79. The molecule has 0 spiro atoms. The third-order valence-corrected chi connectivity index (χ3v) is 6.33. The number of anilines is 1. The van der Waals surface area contributed by atoms with E-state index in [4.69, 9.17) is 0 Å². The fraction of sp³-hybridized carbons (Fsp3) is 0.240. The first kappa shape index (κ1) is 21.0. The molecule has 8 heteroatoms. The second-order valence-corrected chi connectivity index (χ2v) is 8.36. The summed E-state index contributed by atoms with van der Waals surface area (Å²) < 4.78 is 0. The number of carbonyl (C=O) groups is 2. The van der Waals surface area contributed by atoms with E-state index in [0.717, 1.165) is 10.8 Å². The summed E-state index contributed by atoms with van der Waals surface area (Å²) in [7, 11) is 0. The number of piperazine rings is 1. The molecule has 2 amide bonds. The van der Waals surface area contributed by atoms with Crippen LogP contribution < -0.4 is 11.0 Å². The van der Waals surface area contributed by atoms with Crippen LogP contribution >= 0.6 is 0 Å². The van der Waals surface area contributed by atoms with E-state index in [1.54, 1.807) is 18.2 Å². The molecular formula is C25H25N5O3. The standard InChI is InChI=1S/C25H25N5O3/c1-16(23(31)26-18-9-10-21-22(15-18)28-25(33)27-21)29-11-13-30(14-12-29)24(32)20-8-4-6-17-5-2-3-7-19(17)20/h2-10,15-16H,11-14H2,1H3,(H,26,31)(H2,27,28,33). The topological polar surface area (TPSA) is 101 Å². The monoisotopic (exact) mass is 443 g/mol. The normalized spacial score (nSPS) is 15.6. The van der Waals surface area contributed by atoms with Gasteiger partial charge in [0.1, 0.15) is 0 Å². The summed E-state index contributed by atoms with van der Waals surface area (Å²) in [5.41, 5.74) is 2.40. The van der Waals surface area contributed by atoms with Gasteiger partial charge in [0.2, 0.25) is 5.91 Å². The van der Waals surface area contributed by atoms with E-state index in [2.05, 4.69) is 20.2 Å². The zero-order valence-corrected chi connectivity index (χ0v) is 18.3. The quantitative estimate of drug-likeness (QED) is 0.451.